The molecule has 1 aliphatic rings. The van der Waals surface area contributed by atoms with Crippen LogP contribution < -0.4 is 5.32 Å². The maximum absolute atomic E-state index is 13.5. The third kappa shape index (κ3) is 4.96. The van der Waals surface area contributed by atoms with E-state index in [-0.39, 0.29) is 18.4 Å². The number of halogens is 1. The molecule has 2 amide bonds. The molecule has 1 aromatic carbocycles. The summed E-state index contributed by atoms with van der Waals surface area (Å²) in [5.74, 6) is -0.286. The molecule has 0 radical (unpaired) electrons. The molecular formula is C16H24FN3O2. The van der Waals surface area contributed by atoms with Gasteiger partial charge in [0.1, 0.15) is 5.82 Å². The highest BCUT2D eigenvalue weighted by Crippen LogP contribution is 2.07. The number of carbonyl (C=O) groups is 1. The summed E-state index contributed by atoms with van der Waals surface area (Å²) in [6, 6.07) is 6.37. The molecule has 1 fully saturated rings. The molecule has 1 aromatic rings. The number of amides is 2. The van der Waals surface area contributed by atoms with Crippen LogP contribution in [0, 0.1) is 5.82 Å². The largest absolute Gasteiger partial charge is 0.385 e. The average molecular weight is 309 g/mol. The molecule has 0 aliphatic carbocycles. The van der Waals surface area contributed by atoms with Crippen LogP contribution in [0.4, 0.5) is 9.18 Å². The Bertz CT molecular complexity index is 476. The minimum absolute atomic E-state index is 0.125. The summed E-state index contributed by atoms with van der Waals surface area (Å²) in [7, 11) is 1.71. The van der Waals surface area contributed by atoms with Crippen LogP contribution in [0.1, 0.15) is 12.0 Å². The van der Waals surface area contributed by atoms with Gasteiger partial charge in [0.05, 0.1) is 0 Å². The maximum Gasteiger partial charge on any atom is 0.317 e. The number of piperazine rings is 1. The first-order chi connectivity index (χ1) is 10.7. The van der Waals surface area contributed by atoms with E-state index in [1.807, 2.05) is 0 Å². The van der Waals surface area contributed by atoms with Crippen LogP contribution in [0.3, 0.4) is 0 Å². The van der Waals surface area contributed by atoms with Gasteiger partial charge >= 0.3 is 6.03 Å². The molecule has 122 valence electrons. The zero-order chi connectivity index (χ0) is 15.8. The molecule has 1 heterocycles. The molecule has 0 bridgehead atoms. The topological polar surface area (TPSA) is 44.8 Å². The smallest absolute Gasteiger partial charge is 0.317 e. The highest BCUT2D eigenvalue weighted by molar-refractivity contribution is 5.74. The first kappa shape index (κ1) is 16.7. The molecule has 0 atom stereocenters. The molecule has 22 heavy (non-hydrogen) atoms. The van der Waals surface area contributed by atoms with Gasteiger partial charge in [-0.3, -0.25) is 4.90 Å². The van der Waals surface area contributed by atoms with Gasteiger partial charge in [0.25, 0.3) is 0 Å². The van der Waals surface area contributed by atoms with E-state index in [9.17, 15) is 9.18 Å². The minimum atomic E-state index is -0.286. The highest BCUT2D eigenvalue weighted by atomic mass is 19.1. The zero-order valence-electron chi connectivity index (χ0n) is 13.1. The quantitative estimate of drug-likeness (QED) is 0.813. The lowest BCUT2D eigenvalue weighted by atomic mass is 10.2. The Kier molecular flexibility index (Phi) is 6.61. The van der Waals surface area contributed by atoms with E-state index in [2.05, 4.69) is 10.2 Å². The van der Waals surface area contributed by atoms with E-state index in [0.717, 1.165) is 32.7 Å². The number of benzene rings is 1. The molecule has 6 heteroatoms. The molecule has 2 rings (SSSR count). The molecule has 1 N–H and O–H groups in total. The van der Waals surface area contributed by atoms with Crippen molar-refractivity contribution in [1.82, 2.24) is 15.1 Å². The molecule has 1 aliphatic heterocycles. The fourth-order valence-corrected chi connectivity index (χ4v) is 2.53. The van der Waals surface area contributed by atoms with Crippen LogP contribution in [-0.2, 0) is 11.3 Å². The van der Waals surface area contributed by atoms with Crippen LogP contribution in [0.2, 0.25) is 0 Å². The summed E-state index contributed by atoms with van der Waals surface area (Å²) >= 11 is 0. The molecule has 0 aromatic heterocycles. The lowest BCUT2D eigenvalue weighted by Gasteiger charge is -2.34. The Labute approximate surface area is 131 Å². The molecule has 5 nitrogen and oxygen atoms in total. The van der Waals surface area contributed by atoms with Crippen molar-refractivity contribution in [3.63, 3.8) is 0 Å². The van der Waals surface area contributed by atoms with E-state index >= 15 is 0 Å². The Balaban J connectivity index is 1.70. The normalized spacial score (nSPS) is 15.8. The van der Waals surface area contributed by atoms with Gasteiger partial charge < -0.3 is 15.0 Å². The summed E-state index contributed by atoms with van der Waals surface area (Å²) in [6.07, 6.45) is 1.01. The van der Waals surface area contributed by atoms with Crippen molar-refractivity contribution in [3.05, 3.63) is 35.6 Å². The minimum Gasteiger partial charge on any atom is -0.385 e. The Morgan fingerprint density at radius 3 is 2.68 bits per heavy atom. The van der Waals surface area contributed by atoms with Gasteiger partial charge in [0.15, 0.2) is 0 Å². The van der Waals surface area contributed by atoms with E-state index in [1.54, 1.807) is 30.2 Å². The predicted octanol–water partition coefficient (Wildman–Crippen LogP) is 1.69. The Morgan fingerprint density at radius 1 is 1.27 bits per heavy atom. The number of methoxy groups -OCH3 is 1. The third-order valence-electron chi connectivity index (χ3n) is 3.87. The van der Waals surface area contributed by atoms with Crippen LogP contribution in [0.5, 0.6) is 0 Å². The van der Waals surface area contributed by atoms with Crippen molar-refractivity contribution < 1.29 is 13.9 Å². The van der Waals surface area contributed by atoms with E-state index in [0.29, 0.717) is 18.7 Å². The first-order valence-electron chi connectivity index (χ1n) is 7.68. The second-order valence-corrected chi connectivity index (χ2v) is 5.43. The molecule has 0 saturated carbocycles. The summed E-state index contributed by atoms with van der Waals surface area (Å²) in [6.45, 7) is 5.14. The second-order valence-electron chi connectivity index (χ2n) is 5.43. The van der Waals surface area contributed by atoms with Crippen molar-refractivity contribution in [2.45, 2.75) is 13.0 Å². The van der Waals surface area contributed by atoms with Gasteiger partial charge in [-0.15, -0.1) is 0 Å². The van der Waals surface area contributed by atoms with Crippen molar-refractivity contribution in [2.75, 3.05) is 46.4 Å². The predicted molar refractivity (Wildman–Crippen MR) is 83.1 cm³/mol. The highest BCUT2D eigenvalue weighted by Gasteiger charge is 2.20. The standard InChI is InChI=1S/C16H24FN3O2/c1-22-12-4-7-19-8-10-20(11-9-19)16(21)18-13-14-5-2-3-6-15(14)17/h2-3,5-6H,4,7-13H2,1H3,(H,18,21). The number of hydrogen-bond donors (Lipinski definition) is 1. The van der Waals surface area contributed by atoms with Gasteiger partial charge in [0.2, 0.25) is 0 Å². The van der Waals surface area contributed by atoms with Crippen molar-refractivity contribution in [3.8, 4) is 0 Å². The summed E-state index contributed by atoms with van der Waals surface area (Å²) in [4.78, 5) is 16.2. The lowest BCUT2D eigenvalue weighted by molar-refractivity contribution is 0.125. The SMILES string of the molecule is COCCCN1CCN(C(=O)NCc2ccccc2F)CC1. The first-order valence-corrected chi connectivity index (χ1v) is 7.68. The molecule has 0 spiro atoms. The van der Waals surface area contributed by atoms with Crippen LogP contribution >= 0.6 is 0 Å². The van der Waals surface area contributed by atoms with E-state index in [4.69, 9.17) is 4.74 Å². The fourth-order valence-electron chi connectivity index (χ4n) is 2.53. The fraction of sp³-hybridized carbons (Fsp3) is 0.562. The zero-order valence-corrected chi connectivity index (χ0v) is 13.1. The van der Waals surface area contributed by atoms with Crippen LogP contribution in [0.25, 0.3) is 0 Å². The Morgan fingerprint density at radius 2 is 2.00 bits per heavy atom. The van der Waals surface area contributed by atoms with Crippen molar-refractivity contribution in [1.29, 1.82) is 0 Å². The average Bonchev–Trinajstić information content (AvgIpc) is 2.55. The van der Waals surface area contributed by atoms with Gasteiger partial charge in [0, 0.05) is 58.5 Å². The Hall–Kier alpha value is -1.66. The van der Waals surface area contributed by atoms with Gasteiger partial charge in [-0.05, 0) is 12.5 Å². The van der Waals surface area contributed by atoms with Crippen molar-refractivity contribution in [2.24, 2.45) is 0 Å². The third-order valence-corrected chi connectivity index (χ3v) is 3.87. The summed E-state index contributed by atoms with van der Waals surface area (Å²) in [5.41, 5.74) is 0.508. The van der Waals surface area contributed by atoms with E-state index in [1.165, 1.54) is 6.07 Å². The molecule has 0 unspecified atom stereocenters. The lowest BCUT2D eigenvalue weighted by Crippen LogP contribution is -2.51. The summed E-state index contributed by atoms with van der Waals surface area (Å²) in [5, 5.41) is 2.79. The number of ether oxygens (including phenoxy) is 1. The number of nitrogens with zero attached hydrogens (tertiary/aromatic N) is 2. The number of carbonyl (C=O) groups excluding carboxylic acids is 1. The number of hydrogen-bond acceptors (Lipinski definition) is 3. The van der Waals surface area contributed by atoms with Gasteiger partial charge in [-0.2, -0.15) is 0 Å². The van der Waals surface area contributed by atoms with Gasteiger partial charge in [-0.1, -0.05) is 18.2 Å². The summed E-state index contributed by atoms with van der Waals surface area (Å²) < 4.78 is 18.5. The van der Waals surface area contributed by atoms with Crippen LogP contribution in [0.15, 0.2) is 24.3 Å². The number of rotatable bonds is 6. The molecular weight excluding hydrogens is 285 g/mol. The van der Waals surface area contributed by atoms with Gasteiger partial charge in [-0.25, -0.2) is 9.18 Å². The molecule has 1 saturated heterocycles. The number of urea groups is 1. The van der Waals surface area contributed by atoms with E-state index < -0.39 is 0 Å². The second kappa shape index (κ2) is 8.70. The monoisotopic (exact) mass is 309 g/mol. The maximum atomic E-state index is 13.5. The van der Waals surface area contributed by atoms with Crippen molar-refractivity contribution >= 4 is 6.03 Å². The van der Waals surface area contributed by atoms with Crippen LogP contribution in [-0.4, -0.2) is 62.3 Å². The number of nitrogens with one attached hydrogen (secondary N) is 1.